The van der Waals surface area contributed by atoms with Crippen molar-refractivity contribution in [2.24, 2.45) is 5.73 Å². The number of hydrogen-bond donors (Lipinski definition) is 2. The molecular weight excluding hydrogens is 268 g/mol. The Labute approximate surface area is 120 Å². The number of anilines is 1. The SMILES string of the molecule is NC(=O)c1cccc(Oc2ncnc3cc(N)ccc23)c1. The lowest BCUT2D eigenvalue weighted by atomic mass is 10.2. The number of hydrogen-bond acceptors (Lipinski definition) is 5. The number of nitrogens with two attached hydrogens (primary N) is 2. The molecule has 0 radical (unpaired) electrons. The predicted octanol–water partition coefficient (Wildman–Crippen LogP) is 2.10. The highest BCUT2D eigenvalue weighted by Crippen LogP contribution is 2.27. The van der Waals surface area contributed by atoms with Crippen molar-refractivity contribution in [2.75, 3.05) is 5.73 Å². The lowest BCUT2D eigenvalue weighted by Gasteiger charge is -2.08. The van der Waals surface area contributed by atoms with Crippen molar-refractivity contribution in [2.45, 2.75) is 0 Å². The fraction of sp³-hybridized carbons (Fsp3) is 0. The van der Waals surface area contributed by atoms with Gasteiger partial charge in [-0.3, -0.25) is 4.79 Å². The van der Waals surface area contributed by atoms with Crippen molar-refractivity contribution in [1.29, 1.82) is 0 Å². The minimum atomic E-state index is -0.513. The Morgan fingerprint density at radius 1 is 1.10 bits per heavy atom. The van der Waals surface area contributed by atoms with Crippen molar-refractivity contribution in [3.63, 3.8) is 0 Å². The Balaban J connectivity index is 2.02. The summed E-state index contributed by atoms with van der Waals surface area (Å²) in [5.74, 6) is 0.352. The predicted molar refractivity (Wildman–Crippen MR) is 79.0 cm³/mol. The van der Waals surface area contributed by atoms with Crippen molar-refractivity contribution >= 4 is 22.5 Å². The molecule has 0 aliphatic rings. The second-order valence-corrected chi connectivity index (χ2v) is 4.45. The van der Waals surface area contributed by atoms with E-state index in [2.05, 4.69) is 9.97 Å². The van der Waals surface area contributed by atoms with Crippen LogP contribution >= 0.6 is 0 Å². The molecule has 4 N–H and O–H groups in total. The first-order valence-corrected chi connectivity index (χ1v) is 6.21. The van der Waals surface area contributed by atoms with E-state index in [-0.39, 0.29) is 0 Å². The molecule has 0 aliphatic carbocycles. The van der Waals surface area contributed by atoms with Crippen LogP contribution in [0.3, 0.4) is 0 Å². The van der Waals surface area contributed by atoms with Gasteiger partial charge in [0.15, 0.2) is 0 Å². The summed E-state index contributed by atoms with van der Waals surface area (Å²) in [5.41, 5.74) is 12.6. The van der Waals surface area contributed by atoms with Gasteiger partial charge in [-0.1, -0.05) is 6.07 Å². The number of amides is 1. The summed E-state index contributed by atoms with van der Waals surface area (Å²) in [6.07, 6.45) is 1.40. The van der Waals surface area contributed by atoms with Crippen LogP contribution < -0.4 is 16.2 Å². The Morgan fingerprint density at radius 2 is 1.95 bits per heavy atom. The van der Waals surface area contributed by atoms with E-state index >= 15 is 0 Å². The van der Waals surface area contributed by atoms with Crippen molar-refractivity contribution in [3.8, 4) is 11.6 Å². The van der Waals surface area contributed by atoms with Gasteiger partial charge >= 0.3 is 0 Å². The molecule has 0 spiro atoms. The number of benzene rings is 2. The summed E-state index contributed by atoms with van der Waals surface area (Å²) < 4.78 is 5.72. The van der Waals surface area contributed by atoms with Gasteiger partial charge < -0.3 is 16.2 Å². The van der Waals surface area contributed by atoms with Gasteiger partial charge in [0.1, 0.15) is 12.1 Å². The van der Waals surface area contributed by atoms with Crippen LogP contribution in [0.2, 0.25) is 0 Å². The molecule has 0 saturated heterocycles. The van der Waals surface area contributed by atoms with Gasteiger partial charge in [-0.25, -0.2) is 9.97 Å². The third kappa shape index (κ3) is 2.59. The molecule has 1 heterocycles. The number of fused-ring (bicyclic) bond motifs is 1. The number of carbonyl (C=O) groups excluding carboxylic acids is 1. The number of nitrogen functional groups attached to an aromatic ring is 1. The molecule has 0 atom stereocenters. The van der Waals surface area contributed by atoms with Gasteiger partial charge in [0.05, 0.1) is 10.9 Å². The van der Waals surface area contributed by atoms with Crippen LogP contribution in [0.25, 0.3) is 10.9 Å². The smallest absolute Gasteiger partial charge is 0.248 e. The molecule has 3 rings (SSSR count). The van der Waals surface area contributed by atoms with Gasteiger partial charge in [0, 0.05) is 11.3 Å². The fourth-order valence-electron chi connectivity index (χ4n) is 1.96. The molecule has 2 aromatic carbocycles. The number of ether oxygens (including phenoxy) is 1. The summed E-state index contributed by atoms with van der Waals surface area (Å²) >= 11 is 0. The first-order chi connectivity index (χ1) is 10.1. The standard InChI is InChI=1S/C15H12N4O2/c16-10-4-5-12-13(7-10)18-8-19-15(12)21-11-3-1-2-9(6-11)14(17)20/h1-8H,16H2,(H2,17,20). The second-order valence-electron chi connectivity index (χ2n) is 4.45. The van der Waals surface area contributed by atoms with Crippen molar-refractivity contribution in [3.05, 3.63) is 54.4 Å². The van der Waals surface area contributed by atoms with Crippen molar-refractivity contribution < 1.29 is 9.53 Å². The zero-order valence-electron chi connectivity index (χ0n) is 11.0. The average molecular weight is 280 g/mol. The van der Waals surface area contributed by atoms with Crippen LogP contribution in [0.1, 0.15) is 10.4 Å². The molecule has 0 bridgehead atoms. The largest absolute Gasteiger partial charge is 0.438 e. The van der Waals surface area contributed by atoms with Gasteiger partial charge in [-0.2, -0.15) is 0 Å². The molecule has 104 valence electrons. The summed E-state index contributed by atoms with van der Waals surface area (Å²) in [5, 5.41) is 0.733. The molecular formula is C15H12N4O2. The molecule has 3 aromatic rings. The van der Waals surface area contributed by atoms with Gasteiger partial charge in [0.25, 0.3) is 0 Å². The lowest BCUT2D eigenvalue weighted by molar-refractivity contribution is 0.1000. The summed E-state index contributed by atoms with van der Waals surface area (Å²) in [6.45, 7) is 0. The Morgan fingerprint density at radius 3 is 2.76 bits per heavy atom. The highest BCUT2D eigenvalue weighted by molar-refractivity contribution is 5.93. The van der Waals surface area contributed by atoms with Crippen LogP contribution in [0.15, 0.2) is 48.8 Å². The molecule has 0 aliphatic heterocycles. The molecule has 0 unspecified atom stereocenters. The van der Waals surface area contributed by atoms with E-state index in [1.165, 1.54) is 6.33 Å². The van der Waals surface area contributed by atoms with Crippen LogP contribution in [0, 0.1) is 0 Å². The second kappa shape index (κ2) is 5.09. The molecule has 0 fully saturated rings. The van der Waals surface area contributed by atoms with Gasteiger partial charge in [-0.15, -0.1) is 0 Å². The number of rotatable bonds is 3. The van der Waals surface area contributed by atoms with E-state index in [1.54, 1.807) is 42.5 Å². The monoisotopic (exact) mass is 280 g/mol. The van der Waals surface area contributed by atoms with Crippen LogP contribution in [-0.2, 0) is 0 Å². The maximum absolute atomic E-state index is 11.2. The minimum Gasteiger partial charge on any atom is -0.438 e. The third-order valence-corrected chi connectivity index (χ3v) is 2.96. The van der Waals surface area contributed by atoms with E-state index < -0.39 is 5.91 Å². The van der Waals surface area contributed by atoms with E-state index in [0.29, 0.717) is 28.4 Å². The van der Waals surface area contributed by atoms with Crippen LogP contribution in [0.5, 0.6) is 11.6 Å². The Hall–Kier alpha value is -3.15. The third-order valence-electron chi connectivity index (χ3n) is 2.96. The average Bonchev–Trinajstić information content (AvgIpc) is 2.47. The molecule has 21 heavy (non-hydrogen) atoms. The minimum absolute atomic E-state index is 0.370. The van der Waals surface area contributed by atoms with E-state index in [4.69, 9.17) is 16.2 Å². The van der Waals surface area contributed by atoms with Crippen LogP contribution in [0.4, 0.5) is 5.69 Å². The van der Waals surface area contributed by atoms with Crippen LogP contribution in [-0.4, -0.2) is 15.9 Å². The molecule has 1 amide bonds. The molecule has 6 nitrogen and oxygen atoms in total. The highest BCUT2D eigenvalue weighted by atomic mass is 16.5. The van der Waals surface area contributed by atoms with Gasteiger partial charge in [0.2, 0.25) is 11.8 Å². The van der Waals surface area contributed by atoms with E-state index in [1.807, 2.05) is 0 Å². The van der Waals surface area contributed by atoms with E-state index in [0.717, 1.165) is 5.39 Å². The zero-order valence-corrected chi connectivity index (χ0v) is 11.0. The maximum atomic E-state index is 11.2. The number of aromatic nitrogens is 2. The fourth-order valence-corrected chi connectivity index (χ4v) is 1.96. The molecule has 0 saturated carbocycles. The first kappa shape index (κ1) is 12.9. The molecule has 1 aromatic heterocycles. The normalized spacial score (nSPS) is 10.5. The quantitative estimate of drug-likeness (QED) is 0.715. The number of carbonyl (C=O) groups is 1. The summed E-state index contributed by atoms with van der Waals surface area (Å²) in [6, 6.07) is 11.9. The summed E-state index contributed by atoms with van der Waals surface area (Å²) in [7, 11) is 0. The highest BCUT2D eigenvalue weighted by Gasteiger charge is 2.08. The van der Waals surface area contributed by atoms with E-state index in [9.17, 15) is 4.79 Å². The summed E-state index contributed by atoms with van der Waals surface area (Å²) in [4.78, 5) is 19.4. The number of nitrogens with zero attached hydrogens (tertiary/aromatic N) is 2. The molecule has 6 heteroatoms. The topological polar surface area (TPSA) is 104 Å². The number of primary amides is 1. The van der Waals surface area contributed by atoms with Gasteiger partial charge in [-0.05, 0) is 36.4 Å². The Bertz CT molecular complexity index is 833. The first-order valence-electron chi connectivity index (χ1n) is 6.21. The maximum Gasteiger partial charge on any atom is 0.248 e. The van der Waals surface area contributed by atoms with Crippen molar-refractivity contribution in [1.82, 2.24) is 9.97 Å². The zero-order chi connectivity index (χ0) is 14.8. The lowest BCUT2D eigenvalue weighted by Crippen LogP contribution is -2.10. The Kier molecular flexibility index (Phi) is 3.12.